The minimum atomic E-state index is 1.05. The summed E-state index contributed by atoms with van der Waals surface area (Å²) in [5.74, 6) is 0. The normalized spacial score (nSPS) is 11.7. The minimum Gasteiger partial charge on any atom is -0.144 e. The topological polar surface area (TPSA) is 0 Å². The van der Waals surface area contributed by atoms with Crippen LogP contribution in [0.5, 0.6) is 0 Å². The zero-order valence-corrected chi connectivity index (χ0v) is 11.7. The van der Waals surface area contributed by atoms with Crippen molar-refractivity contribution < 1.29 is 0 Å². The Morgan fingerprint density at radius 1 is 1.11 bits per heavy atom. The molecule has 1 heterocycles. The molecule has 0 radical (unpaired) electrons. The van der Waals surface area contributed by atoms with E-state index in [9.17, 15) is 0 Å². The molecular weight excluding hydrogens is 236 g/mol. The quantitative estimate of drug-likeness (QED) is 0.593. The van der Waals surface area contributed by atoms with Crippen LogP contribution in [-0.4, -0.2) is 0 Å². The summed E-state index contributed by atoms with van der Waals surface area (Å²) in [5, 5.41) is 2.16. The lowest BCUT2D eigenvalue weighted by molar-refractivity contribution is 0.814. The number of hydrogen-bond acceptors (Lipinski definition) is 1. The molecule has 0 aliphatic rings. The molecule has 18 heavy (non-hydrogen) atoms. The van der Waals surface area contributed by atoms with E-state index in [0.29, 0.717) is 0 Å². The standard InChI is InChI=1S/C17H20S/c1-2-3-5-11-16(17-12-8-13-18-17)14-15-9-6-4-7-10-15/h4,6-13H,2-3,5,14H2,1H3/b16-11-. The largest absolute Gasteiger partial charge is 0.144 e. The molecule has 2 rings (SSSR count). The second-order valence-electron chi connectivity index (χ2n) is 4.51. The molecule has 2 aromatic rings. The summed E-state index contributed by atoms with van der Waals surface area (Å²) in [7, 11) is 0. The summed E-state index contributed by atoms with van der Waals surface area (Å²) in [6.45, 7) is 2.25. The van der Waals surface area contributed by atoms with Crippen molar-refractivity contribution in [3.63, 3.8) is 0 Å². The van der Waals surface area contributed by atoms with Crippen molar-refractivity contribution in [2.24, 2.45) is 0 Å². The molecule has 1 aromatic heterocycles. The van der Waals surface area contributed by atoms with Gasteiger partial charge in [0.15, 0.2) is 0 Å². The third-order valence-electron chi connectivity index (χ3n) is 3.02. The maximum absolute atomic E-state index is 2.42. The fourth-order valence-corrected chi connectivity index (χ4v) is 2.79. The molecule has 0 saturated heterocycles. The highest BCUT2D eigenvalue weighted by atomic mass is 32.1. The van der Waals surface area contributed by atoms with Gasteiger partial charge in [-0.15, -0.1) is 11.3 Å². The number of rotatable bonds is 6. The van der Waals surface area contributed by atoms with Gasteiger partial charge in [0.05, 0.1) is 0 Å². The predicted octanol–water partition coefficient (Wildman–Crippen LogP) is 5.56. The average molecular weight is 256 g/mol. The first kappa shape index (κ1) is 13.1. The molecule has 0 spiro atoms. The number of allylic oxidation sites excluding steroid dienone is 2. The van der Waals surface area contributed by atoms with Crippen LogP contribution in [0.2, 0.25) is 0 Å². The van der Waals surface area contributed by atoms with E-state index in [-0.39, 0.29) is 0 Å². The van der Waals surface area contributed by atoms with Crippen LogP contribution in [0.1, 0.15) is 36.6 Å². The van der Waals surface area contributed by atoms with Gasteiger partial charge in [-0.1, -0.05) is 62.2 Å². The van der Waals surface area contributed by atoms with E-state index in [0.717, 1.165) is 6.42 Å². The maximum Gasteiger partial charge on any atom is 0.0302 e. The molecule has 0 fully saturated rings. The van der Waals surface area contributed by atoms with E-state index in [2.05, 4.69) is 60.8 Å². The Morgan fingerprint density at radius 3 is 2.61 bits per heavy atom. The first-order valence-electron chi connectivity index (χ1n) is 6.67. The number of hydrogen-bond donors (Lipinski definition) is 0. The fourth-order valence-electron chi connectivity index (χ4n) is 2.02. The SMILES string of the molecule is CCCC/C=C(/Cc1ccccc1)c1cccs1. The van der Waals surface area contributed by atoms with Gasteiger partial charge in [0, 0.05) is 4.88 Å². The molecule has 0 aliphatic heterocycles. The summed E-state index contributed by atoms with van der Waals surface area (Å²) in [5.41, 5.74) is 2.87. The van der Waals surface area contributed by atoms with Gasteiger partial charge in [-0.3, -0.25) is 0 Å². The molecule has 1 aromatic carbocycles. The molecule has 0 N–H and O–H groups in total. The van der Waals surface area contributed by atoms with E-state index in [1.54, 1.807) is 0 Å². The van der Waals surface area contributed by atoms with Crippen LogP contribution in [0.15, 0.2) is 53.9 Å². The van der Waals surface area contributed by atoms with Gasteiger partial charge < -0.3 is 0 Å². The Labute approximate surface area is 114 Å². The highest BCUT2D eigenvalue weighted by molar-refractivity contribution is 7.11. The van der Waals surface area contributed by atoms with E-state index in [4.69, 9.17) is 0 Å². The summed E-state index contributed by atoms with van der Waals surface area (Å²) in [6.07, 6.45) is 7.20. The van der Waals surface area contributed by atoms with Crippen molar-refractivity contribution in [1.82, 2.24) is 0 Å². The number of thiophene rings is 1. The first-order chi connectivity index (χ1) is 8.90. The van der Waals surface area contributed by atoms with Crippen molar-refractivity contribution >= 4 is 16.9 Å². The molecular formula is C17H20S. The third-order valence-corrected chi connectivity index (χ3v) is 3.97. The lowest BCUT2D eigenvalue weighted by Gasteiger charge is -2.06. The van der Waals surface area contributed by atoms with E-state index >= 15 is 0 Å². The van der Waals surface area contributed by atoms with Crippen LogP contribution >= 0.6 is 11.3 Å². The molecule has 1 heteroatoms. The van der Waals surface area contributed by atoms with Crippen LogP contribution in [0.3, 0.4) is 0 Å². The van der Waals surface area contributed by atoms with E-state index in [1.165, 1.54) is 35.3 Å². The molecule has 94 valence electrons. The Bertz CT molecular complexity index is 466. The lowest BCUT2D eigenvalue weighted by Crippen LogP contribution is -1.88. The molecule has 0 saturated carbocycles. The molecule has 0 aliphatic carbocycles. The van der Waals surface area contributed by atoms with Crippen LogP contribution in [0.25, 0.3) is 5.57 Å². The summed E-state index contributed by atoms with van der Waals surface area (Å²) in [6, 6.07) is 15.1. The molecule has 0 nitrogen and oxygen atoms in total. The second-order valence-corrected chi connectivity index (χ2v) is 5.46. The molecule has 0 unspecified atom stereocenters. The Morgan fingerprint density at radius 2 is 1.94 bits per heavy atom. The highest BCUT2D eigenvalue weighted by Crippen LogP contribution is 2.25. The van der Waals surface area contributed by atoms with Gasteiger partial charge in [-0.05, 0) is 35.4 Å². The smallest absolute Gasteiger partial charge is 0.0302 e. The average Bonchev–Trinajstić information content (AvgIpc) is 2.93. The Kier molecular flexibility index (Phi) is 5.22. The van der Waals surface area contributed by atoms with Crippen molar-refractivity contribution in [1.29, 1.82) is 0 Å². The Hall–Kier alpha value is -1.34. The first-order valence-corrected chi connectivity index (χ1v) is 7.55. The maximum atomic E-state index is 2.42. The Balaban J connectivity index is 2.13. The van der Waals surface area contributed by atoms with Gasteiger partial charge in [0.1, 0.15) is 0 Å². The van der Waals surface area contributed by atoms with Crippen LogP contribution in [0, 0.1) is 0 Å². The van der Waals surface area contributed by atoms with Crippen molar-refractivity contribution in [2.45, 2.75) is 32.6 Å². The zero-order chi connectivity index (χ0) is 12.6. The molecule has 0 bridgehead atoms. The minimum absolute atomic E-state index is 1.05. The predicted molar refractivity (Wildman–Crippen MR) is 82.0 cm³/mol. The van der Waals surface area contributed by atoms with Crippen molar-refractivity contribution in [3.8, 4) is 0 Å². The third kappa shape index (κ3) is 3.85. The number of unbranched alkanes of at least 4 members (excludes halogenated alkanes) is 2. The summed E-state index contributed by atoms with van der Waals surface area (Å²) >= 11 is 1.84. The summed E-state index contributed by atoms with van der Waals surface area (Å²) < 4.78 is 0. The molecule has 0 atom stereocenters. The van der Waals surface area contributed by atoms with Crippen molar-refractivity contribution in [3.05, 3.63) is 64.4 Å². The van der Waals surface area contributed by atoms with Gasteiger partial charge >= 0.3 is 0 Å². The van der Waals surface area contributed by atoms with Crippen LogP contribution in [-0.2, 0) is 6.42 Å². The fraction of sp³-hybridized carbons (Fsp3) is 0.294. The van der Waals surface area contributed by atoms with E-state index in [1.807, 2.05) is 11.3 Å². The lowest BCUT2D eigenvalue weighted by atomic mass is 10.0. The number of benzene rings is 1. The van der Waals surface area contributed by atoms with Crippen LogP contribution < -0.4 is 0 Å². The zero-order valence-electron chi connectivity index (χ0n) is 10.9. The van der Waals surface area contributed by atoms with Crippen LogP contribution in [0.4, 0.5) is 0 Å². The van der Waals surface area contributed by atoms with Gasteiger partial charge in [-0.25, -0.2) is 0 Å². The van der Waals surface area contributed by atoms with Gasteiger partial charge in [0.25, 0.3) is 0 Å². The van der Waals surface area contributed by atoms with Gasteiger partial charge in [0.2, 0.25) is 0 Å². The monoisotopic (exact) mass is 256 g/mol. The van der Waals surface area contributed by atoms with Crippen molar-refractivity contribution in [2.75, 3.05) is 0 Å². The summed E-state index contributed by atoms with van der Waals surface area (Å²) in [4.78, 5) is 1.41. The molecule has 0 amide bonds. The van der Waals surface area contributed by atoms with Gasteiger partial charge in [-0.2, -0.15) is 0 Å². The van der Waals surface area contributed by atoms with E-state index < -0.39 is 0 Å². The second kappa shape index (κ2) is 7.17. The highest BCUT2D eigenvalue weighted by Gasteiger charge is 2.03.